The van der Waals surface area contributed by atoms with Gasteiger partial charge in [-0.1, -0.05) is 32.0 Å². The maximum Gasteiger partial charge on any atom is 0.501 e. The van der Waals surface area contributed by atoms with Crippen molar-refractivity contribution in [1.29, 1.82) is 0 Å². The molecule has 1 fully saturated rings. The van der Waals surface area contributed by atoms with Crippen LogP contribution in [-0.2, 0) is 16.4 Å². The third-order valence-electron chi connectivity index (χ3n) is 5.97. The van der Waals surface area contributed by atoms with E-state index in [0.29, 0.717) is 24.8 Å². The predicted octanol–water partition coefficient (Wildman–Crippen LogP) is 5.22. The molecular formula is C24H26F3N3O2S. The minimum Gasteiger partial charge on any atom is -0.357 e. The molecule has 0 N–H and O–H groups in total. The van der Waals surface area contributed by atoms with Crippen molar-refractivity contribution in [3.05, 3.63) is 66.4 Å². The van der Waals surface area contributed by atoms with Crippen LogP contribution in [0.15, 0.2) is 65.7 Å². The lowest BCUT2D eigenvalue weighted by molar-refractivity contribution is -0.0436. The largest absolute Gasteiger partial charge is 0.501 e. The first-order valence-electron chi connectivity index (χ1n) is 10.8. The Bertz CT molecular complexity index is 1220. The van der Waals surface area contributed by atoms with Gasteiger partial charge in [0.1, 0.15) is 0 Å². The molecule has 1 aliphatic rings. The quantitative estimate of drug-likeness (QED) is 0.487. The van der Waals surface area contributed by atoms with Crippen molar-refractivity contribution in [2.45, 2.75) is 43.3 Å². The Morgan fingerprint density at radius 3 is 2.42 bits per heavy atom. The van der Waals surface area contributed by atoms with E-state index in [9.17, 15) is 21.6 Å². The second-order valence-corrected chi connectivity index (χ2v) is 10.8. The molecule has 0 amide bonds. The van der Waals surface area contributed by atoms with Gasteiger partial charge in [-0.3, -0.25) is 9.88 Å². The van der Waals surface area contributed by atoms with Crippen LogP contribution in [0.4, 0.5) is 18.9 Å². The number of fused-ring (bicyclic) bond motifs is 1. The fourth-order valence-electron chi connectivity index (χ4n) is 4.38. The number of benzene rings is 2. The van der Waals surface area contributed by atoms with E-state index in [-0.39, 0.29) is 6.04 Å². The van der Waals surface area contributed by atoms with Gasteiger partial charge in [0.15, 0.2) is 0 Å². The van der Waals surface area contributed by atoms with Gasteiger partial charge >= 0.3 is 5.51 Å². The summed E-state index contributed by atoms with van der Waals surface area (Å²) < 4.78 is 61.9. The molecule has 0 aliphatic carbocycles. The van der Waals surface area contributed by atoms with Crippen molar-refractivity contribution < 1.29 is 21.6 Å². The number of hydrogen-bond donors (Lipinski definition) is 0. The lowest BCUT2D eigenvalue weighted by atomic mass is 10.0. The zero-order chi connectivity index (χ0) is 23.8. The molecule has 1 aromatic heterocycles. The van der Waals surface area contributed by atoms with Crippen molar-refractivity contribution in [2.24, 2.45) is 5.92 Å². The summed E-state index contributed by atoms with van der Waals surface area (Å²) in [5.41, 5.74) is -2.50. The van der Waals surface area contributed by atoms with Gasteiger partial charge in [0.25, 0.3) is 9.84 Å². The molecule has 1 saturated heterocycles. The number of alkyl halides is 3. The van der Waals surface area contributed by atoms with E-state index in [2.05, 4.69) is 34.7 Å². The molecule has 2 heterocycles. The van der Waals surface area contributed by atoms with Crippen molar-refractivity contribution in [1.82, 2.24) is 9.88 Å². The molecule has 2 aromatic carbocycles. The number of hydrogen-bond acceptors (Lipinski definition) is 5. The number of sulfone groups is 1. The molecule has 33 heavy (non-hydrogen) atoms. The Labute approximate surface area is 191 Å². The minimum absolute atomic E-state index is 0.260. The molecule has 176 valence electrons. The average Bonchev–Trinajstić information content (AvgIpc) is 3.15. The number of anilines is 1. The predicted molar refractivity (Wildman–Crippen MR) is 122 cm³/mol. The van der Waals surface area contributed by atoms with Crippen molar-refractivity contribution in [3.63, 3.8) is 0 Å². The highest BCUT2D eigenvalue weighted by Crippen LogP contribution is 2.33. The zero-order valence-corrected chi connectivity index (χ0v) is 19.3. The summed E-state index contributed by atoms with van der Waals surface area (Å²) in [5, 5.41) is 1.10. The number of halogens is 3. The number of nitrogens with zero attached hydrogens (tertiary/aromatic N) is 3. The molecule has 1 aliphatic heterocycles. The summed E-state index contributed by atoms with van der Waals surface area (Å²) in [6.45, 7) is 6.36. The van der Waals surface area contributed by atoms with Gasteiger partial charge < -0.3 is 4.90 Å². The van der Waals surface area contributed by atoms with Crippen LogP contribution >= 0.6 is 0 Å². The first-order chi connectivity index (χ1) is 15.6. The molecule has 0 spiro atoms. The normalized spacial score (nSPS) is 17.9. The lowest BCUT2D eigenvalue weighted by Crippen LogP contribution is -2.31. The molecule has 0 radical (unpaired) electrons. The molecular weight excluding hydrogens is 451 g/mol. The number of pyridine rings is 1. The second-order valence-electron chi connectivity index (χ2n) is 8.82. The third-order valence-corrected chi connectivity index (χ3v) is 7.48. The van der Waals surface area contributed by atoms with E-state index in [1.165, 1.54) is 17.7 Å². The standard InChI is InChI=1S/C24H26F3N3O2S/c1-17(2)13-20-15-30(19-7-9-21(10-8-19)33(31,32)24(25,26)27)16-29(20)14-18-11-12-28-23-6-4-3-5-22(18)23/h3-12,17,20H,13-16H2,1-2H3/t20-/m1/s1. The number of rotatable bonds is 6. The van der Waals surface area contributed by atoms with Crippen molar-refractivity contribution in [3.8, 4) is 0 Å². The van der Waals surface area contributed by atoms with Gasteiger partial charge in [-0.05, 0) is 54.3 Å². The first kappa shape index (κ1) is 23.5. The summed E-state index contributed by atoms with van der Waals surface area (Å²) in [5.74, 6) is 0.478. The van der Waals surface area contributed by atoms with Crippen LogP contribution in [0.5, 0.6) is 0 Å². The molecule has 9 heteroatoms. The molecule has 0 bridgehead atoms. The average molecular weight is 478 g/mol. The monoisotopic (exact) mass is 477 g/mol. The Hall–Kier alpha value is -2.65. The van der Waals surface area contributed by atoms with E-state index in [1.54, 1.807) is 0 Å². The van der Waals surface area contributed by atoms with Gasteiger partial charge in [0, 0.05) is 36.4 Å². The van der Waals surface area contributed by atoms with Crippen LogP contribution in [-0.4, -0.2) is 43.1 Å². The molecule has 0 saturated carbocycles. The van der Waals surface area contributed by atoms with E-state index >= 15 is 0 Å². The van der Waals surface area contributed by atoms with E-state index in [4.69, 9.17) is 0 Å². The molecule has 5 nitrogen and oxygen atoms in total. The Morgan fingerprint density at radius 2 is 1.76 bits per heavy atom. The van der Waals surface area contributed by atoms with Crippen molar-refractivity contribution >= 4 is 26.4 Å². The summed E-state index contributed by atoms with van der Waals surface area (Å²) >= 11 is 0. The Kier molecular flexibility index (Phi) is 6.37. The highest BCUT2D eigenvalue weighted by molar-refractivity contribution is 7.92. The van der Waals surface area contributed by atoms with Gasteiger partial charge in [0.2, 0.25) is 0 Å². The fourth-order valence-corrected chi connectivity index (χ4v) is 5.14. The SMILES string of the molecule is CC(C)C[C@@H]1CN(c2ccc(S(=O)(=O)C(F)(F)F)cc2)CN1Cc1ccnc2ccccc12. The van der Waals surface area contributed by atoms with Gasteiger partial charge in [0.05, 0.1) is 17.1 Å². The first-order valence-corrected chi connectivity index (χ1v) is 12.3. The lowest BCUT2D eigenvalue weighted by Gasteiger charge is -2.25. The maximum absolute atomic E-state index is 12.9. The summed E-state index contributed by atoms with van der Waals surface area (Å²) in [6, 6.07) is 15.3. The third kappa shape index (κ3) is 4.84. The van der Waals surface area contributed by atoms with Crippen LogP contribution in [0, 0.1) is 5.92 Å². The Balaban J connectivity index is 1.58. The smallest absolute Gasteiger partial charge is 0.357 e. The van der Waals surface area contributed by atoms with E-state index < -0.39 is 20.2 Å². The molecule has 0 unspecified atom stereocenters. The maximum atomic E-state index is 12.9. The molecule has 4 rings (SSSR count). The second kappa shape index (κ2) is 8.95. The topological polar surface area (TPSA) is 53.5 Å². The highest BCUT2D eigenvalue weighted by atomic mass is 32.2. The van der Waals surface area contributed by atoms with Crippen LogP contribution < -0.4 is 4.90 Å². The summed E-state index contributed by atoms with van der Waals surface area (Å²) in [6.07, 6.45) is 2.78. The Morgan fingerprint density at radius 1 is 1.06 bits per heavy atom. The highest BCUT2D eigenvalue weighted by Gasteiger charge is 2.46. The van der Waals surface area contributed by atoms with Crippen LogP contribution in [0.1, 0.15) is 25.8 Å². The number of para-hydroxylation sites is 1. The van der Waals surface area contributed by atoms with E-state index in [1.807, 2.05) is 30.5 Å². The molecule has 3 aromatic rings. The van der Waals surface area contributed by atoms with Crippen LogP contribution in [0.3, 0.4) is 0 Å². The van der Waals surface area contributed by atoms with Crippen molar-refractivity contribution in [2.75, 3.05) is 18.1 Å². The summed E-state index contributed by atoms with van der Waals surface area (Å²) in [7, 11) is -5.35. The van der Waals surface area contributed by atoms with Gasteiger partial charge in [-0.15, -0.1) is 0 Å². The van der Waals surface area contributed by atoms with E-state index in [0.717, 1.165) is 36.0 Å². The number of aromatic nitrogens is 1. The fraction of sp³-hybridized carbons (Fsp3) is 0.375. The molecule has 1 atom stereocenters. The van der Waals surface area contributed by atoms with Gasteiger partial charge in [-0.25, -0.2) is 8.42 Å². The minimum atomic E-state index is -5.35. The zero-order valence-electron chi connectivity index (χ0n) is 18.5. The van der Waals surface area contributed by atoms with Crippen LogP contribution in [0.2, 0.25) is 0 Å². The van der Waals surface area contributed by atoms with Crippen LogP contribution in [0.25, 0.3) is 10.9 Å². The summed E-state index contributed by atoms with van der Waals surface area (Å²) in [4.78, 5) is 8.14. The van der Waals surface area contributed by atoms with Gasteiger partial charge in [-0.2, -0.15) is 13.2 Å².